The molecule has 153 valence electrons. The van der Waals surface area contributed by atoms with E-state index in [4.69, 9.17) is 11.6 Å². The minimum atomic E-state index is 0. The van der Waals surface area contributed by atoms with Crippen molar-refractivity contribution in [3.8, 4) is 0 Å². The second kappa shape index (κ2) is 14.6. The van der Waals surface area contributed by atoms with Crippen LogP contribution in [0.4, 0.5) is 11.4 Å². The zero-order valence-corrected chi connectivity index (χ0v) is 19.8. The number of hydrogen-bond donors (Lipinski definition) is 0. The minimum Gasteiger partial charge on any atom is -1.00 e. The maximum Gasteiger partial charge on any atom is 3.00 e. The first kappa shape index (κ1) is 29.8. The number of aryl methyl sites for hydroxylation is 2. The van der Waals surface area contributed by atoms with Crippen molar-refractivity contribution in [2.24, 2.45) is 9.98 Å². The summed E-state index contributed by atoms with van der Waals surface area (Å²) < 4.78 is 0. The number of hydrogen-bond acceptors (Lipinski definition) is 3. The molecule has 0 saturated carbocycles. The van der Waals surface area contributed by atoms with Gasteiger partial charge < -0.3 is 37.2 Å². The van der Waals surface area contributed by atoms with Gasteiger partial charge >= 0.3 is 17.1 Å². The molecular formula is C21H18Cl4FeN3. The summed E-state index contributed by atoms with van der Waals surface area (Å²) in [5.74, 6) is 0. The predicted molar refractivity (Wildman–Crippen MR) is 106 cm³/mol. The van der Waals surface area contributed by atoms with Crippen LogP contribution in [0, 0.1) is 13.8 Å². The van der Waals surface area contributed by atoms with Crippen molar-refractivity contribution >= 4 is 35.4 Å². The van der Waals surface area contributed by atoms with E-state index < -0.39 is 0 Å². The van der Waals surface area contributed by atoms with Crippen molar-refractivity contribution in [1.82, 2.24) is 4.98 Å². The Kier molecular flexibility index (Phi) is 15.0. The van der Waals surface area contributed by atoms with Crippen molar-refractivity contribution in [2.45, 2.75) is 13.8 Å². The first-order valence-electron chi connectivity index (χ1n) is 7.97. The normalized spacial score (nSPS) is 9.90. The summed E-state index contributed by atoms with van der Waals surface area (Å²) in [6.07, 6.45) is 3.42. The van der Waals surface area contributed by atoms with Crippen molar-refractivity contribution in [1.29, 1.82) is 0 Å². The van der Waals surface area contributed by atoms with Gasteiger partial charge in [-0.15, -0.1) is 0 Å². The largest absolute Gasteiger partial charge is 3.00 e. The first-order chi connectivity index (χ1) is 12.1. The van der Waals surface area contributed by atoms with Crippen molar-refractivity contribution < 1.29 is 54.3 Å². The third-order valence-electron chi connectivity index (χ3n) is 3.59. The molecule has 0 aliphatic heterocycles. The SMILES string of the molecule is Cc1ccc(N=Cc2cc(Cl)cc(C=Nc3ccc(C)cc3)n2)cc1.[Cl-].[Cl-].[Cl-].[Fe+3]. The van der Waals surface area contributed by atoms with Crippen LogP contribution in [0.3, 0.4) is 0 Å². The summed E-state index contributed by atoms with van der Waals surface area (Å²) in [5.41, 5.74) is 5.55. The Balaban J connectivity index is 0. The van der Waals surface area contributed by atoms with Crippen LogP contribution in [0.5, 0.6) is 0 Å². The fraction of sp³-hybridized carbons (Fsp3) is 0.0952. The van der Waals surface area contributed by atoms with Crippen LogP contribution in [-0.4, -0.2) is 17.4 Å². The molecule has 0 atom stereocenters. The van der Waals surface area contributed by atoms with Crippen molar-refractivity contribution in [3.05, 3.63) is 88.2 Å². The van der Waals surface area contributed by atoms with E-state index in [1.54, 1.807) is 24.6 Å². The average molecular weight is 510 g/mol. The van der Waals surface area contributed by atoms with Gasteiger partial charge in [0.05, 0.1) is 35.2 Å². The first-order valence-corrected chi connectivity index (χ1v) is 8.35. The summed E-state index contributed by atoms with van der Waals surface area (Å²) >= 11 is 6.19. The van der Waals surface area contributed by atoms with Crippen LogP contribution >= 0.6 is 11.6 Å². The van der Waals surface area contributed by atoms with Crippen molar-refractivity contribution in [3.63, 3.8) is 0 Å². The van der Waals surface area contributed by atoms with Gasteiger partial charge in [0.25, 0.3) is 0 Å². The molecule has 0 N–H and O–H groups in total. The Bertz CT molecular complexity index is 854. The van der Waals surface area contributed by atoms with E-state index in [2.05, 4.69) is 15.0 Å². The monoisotopic (exact) mass is 508 g/mol. The molecule has 0 fully saturated rings. The molecule has 2 aromatic carbocycles. The van der Waals surface area contributed by atoms with Gasteiger partial charge in [0.2, 0.25) is 0 Å². The maximum atomic E-state index is 6.19. The van der Waals surface area contributed by atoms with Gasteiger partial charge in [-0.1, -0.05) is 47.0 Å². The van der Waals surface area contributed by atoms with Gasteiger partial charge in [0.1, 0.15) is 0 Å². The standard InChI is InChI=1S/C21H18ClN3.3ClH.Fe/c1-15-3-7-18(8-4-15)23-13-20-11-17(22)12-21(25-20)14-24-19-9-5-16(2)6-10-19;;;;/h3-14H,1-2H3;3*1H;/q;;;;+3/p-3. The molecule has 0 unspecified atom stereocenters. The number of pyridine rings is 1. The third kappa shape index (κ3) is 9.77. The summed E-state index contributed by atoms with van der Waals surface area (Å²) in [6, 6.07) is 19.5. The van der Waals surface area contributed by atoms with Gasteiger partial charge in [-0.3, -0.25) is 9.98 Å². The zero-order chi connectivity index (χ0) is 17.6. The molecule has 0 spiro atoms. The maximum absolute atomic E-state index is 6.19. The van der Waals surface area contributed by atoms with Gasteiger partial charge in [-0.25, -0.2) is 4.98 Å². The summed E-state index contributed by atoms with van der Waals surface area (Å²) in [5, 5.41) is 0.603. The van der Waals surface area contributed by atoms with Crippen LogP contribution in [0.15, 0.2) is 70.6 Å². The molecule has 3 aromatic rings. The third-order valence-corrected chi connectivity index (χ3v) is 3.81. The number of aliphatic imine (C=N–C) groups is 2. The van der Waals surface area contributed by atoms with E-state index in [1.807, 2.05) is 62.4 Å². The Labute approximate surface area is 205 Å². The molecule has 29 heavy (non-hydrogen) atoms. The van der Waals surface area contributed by atoms with Gasteiger partial charge in [-0.05, 0) is 50.2 Å². The number of nitrogens with zero attached hydrogens (tertiary/aromatic N) is 3. The molecule has 8 heteroatoms. The summed E-state index contributed by atoms with van der Waals surface area (Å²) in [4.78, 5) is 13.4. The second-order valence-electron chi connectivity index (χ2n) is 5.82. The Hall–Kier alpha value is -1.39. The Morgan fingerprint density at radius 1 is 0.690 bits per heavy atom. The molecule has 0 amide bonds. The van der Waals surface area contributed by atoms with Gasteiger partial charge in [0.15, 0.2) is 0 Å². The number of aromatic nitrogens is 1. The van der Waals surface area contributed by atoms with Crippen molar-refractivity contribution in [2.75, 3.05) is 0 Å². The molecule has 0 bridgehead atoms. The van der Waals surface area contributed by atoms with E-state index in [0.717, 1.165) is 11.4 Å². The molecule has 0 aliphatic carbocycles. The molecule has 3 nitrogen and oxygen atoms in total. The molecule has 3 rings (SSSR count). The van der Waals surface area contributed by atoms with Crippen LogP contribution < -0.4 is 37.2 Å². The fourth-order valence-corrected chi connectivity index (χ4v) is 2.44. The van der Waals surface area contributed by atoms with E-state index >= 15 is 0 Å². The number of rotatable bonds is 4. The van der Waals surface area contributed by atoms with Gasteiger partial charge in [0, 0.05) is 5.02 Å². The predicted octanol–water partition coefficient (Wildman–Crippen LogP) is -3.14. The zero-order valence-electron chi connectivity index (χ0n) is 15.6. The van der Waals surface area contributed by atoms with E-state index in [0.29, 0.717) is 16.4 Å². The fourth-order valence-electron chi connectivity index (χ4n) is 2.21. The molecule has 0 aliphatic rings. The van der Waals surface area contributed by atoms with Crippen LogP contribution in [0.2, 0.25) is 5.02 Å². The Morgan fingerprint density at radius 2 is 1.03 bits per heavy atom. The van der Waals surface area contributed by atoms with Gasteiger partial charge in [-0.2, -0.15) is 0 Å². The van der Waals surface area contributed by atoms with E-state index in [1.165, 1.54) is 11.1 Å². The Morgan fingerprint density at radius 3 is 1.38 bits per heavy atom. The number of benzene rings is 2. The molecule has 1 heterocycles. The molecule has 1 radical (unpaired) electrons. The van der Waals surface area contributed by atoms with E-state index in [-0.39, 0.29) is 54.3 Å². The quantitative estimate of drug-likeness (QED) is 0.271. The molecular weight excluding hydrogens is 492 g/mol. The van der Waals surface area contributed by atoms with Crippen LogP contribution in [-0.2, 0) is 17.1 Å². The van der Waals surface area contributed by atoms with Crippen LogP contribution in [0.25, 0.3) is 0 Å². The minimum absolute atomic E-state index is 0. The van der Waals surface area contributed by atoms with E-state index in [9.17, 15) is 0 Å². The molecule has 0 saturated heterocycles. The average Bonchev–Trinajstić information content (AvgIpc) is 2.60. The smallest absolute Gasteiger partial charge is 1.00 e. The topological polar surface area (TPSA) is 37.6 Å². The molecule has 1 aromatic heterocycles. The second-order valence-corrected chi connectivity index (χ2v) is 6.26. The summed E-state index contributed by atoms with van der Waals surface area (Å²) in [6.45, 7) is 4.09. The number of halogens is 4. The summed E-state index contributed by atoms with van der Waals surface area (Å²) in [7, 11) is 0. The van der Waals surface area contributed by atoms with Crippen LogP contribution in [0.1, 0.15) is 22.5 Å².